The van der Waals surface area contributed by atoms with Crippen LogP contribution in [0.4, 0.5) is 5.00 Å². The SMILES string of the molecule is Nc1ccc(-c2nc(COc3ccccc3)no2)s1. The van der Waals surface area contributed by atoms with Gasteiger partial charge in [0.15, 0.2) is 6.61 Å². The minimum absolute atomic E-state index is 0.272. The molecule has 2 aromatic heterocycles. The second kappa shape index (κ2) is 5.11. The number of nitrogens with two attached hydrogens (primary N) is 1. The zero-order chi connectivity index (χ0) is 13.1. The van der Waals surface area contributed by atoms with E-state index in [1.54, 1.807) is 0 Å². The molecule has 0 fully saturated rings. The van der Waals surface area contributed by atoms with Crippen molar-refractivity contribution in [2.45, 2.75) is 6.61 Å². The van der Waals surface area contributed by atoms with Crippen molar-refractivity contribution in [3.05, 3.63) is 48.3 Å². The van der Waals surface area contributed by atoms with Crippen molar-refractivity contribution in [3.63, 3.8) is 0 Å². The fourth-order valence-corrected chi connectivity index (χ4v) is 2.24. The van der Waals surface area contributed by atoms with E-state index in [1.165, 1.54) is 11.3 Å². The Balaban J connectivity index is 1.68. The first-order valence-electron chi connectivity index (χ1n) is 5.67. The number of para-hydroxylation sites is 1. The lowest BCUT2D eigenvalue weighted by Gasteiger charge is -2.01. The minimum Gasteiger partial charge on any atom is -0.485 e. The second-order valence-electron chi connectivity index (χ2n) is 3.82. The number of hydrogen-bond acceptors (Lipinski definition) is 6. The number of thiophene rings is 1. The van der Waals surface area contributed by atoms with Crippen molar-refractivity contribution in [3.8, 4) is 16.5 Å². The van der Waals surface area contributed by atoms with Gasteiger partial charge < -0.3 is 15.0 Å². The van der Waals surface area contributed by atoms with E-state index >= 15 is 0 Å². The predicted molar refractivity (Wildman–Crippen MR) is 72.8 cm³/mol. The van der Waals surface area contributed by atoms with Gasteiger partial charge in [-0.1, -0.05) is 23.4 Å². The predicted octanol–water partition coefficient (Wildman–Crippen LogP) is 2.96. The quantitative estimate of drug-likeness (QED) is 0.791. The van der Waals surface area contributed by atoms with E-state index in [0.29, 0.717) is 11.7 Å². The molecule has 0 aliphatic heterocycles. The smallest absolute Gasteiger partial charge is 0.268 e. The average molecular weight is 273 g/mol. The third-order valence-corrected chi connectivity index (χ3v) is 3.32. The van der Waals surface area contributed by atoms with Gasteiger partial charge in [0.05, 0.1) is 9.88 Å². The number of hydrogen-bond donors (Lipinski definition) is 1. The molecule has 3 aromatic rings. The molecule has 0 spiro atoms. The highest BCUT2D eigenvalue weighted by Crippen LogP contribution is 2.28. The first-order chi connectivity index (χ1) is 9.31. The molecule has 0 saturated heterocycles. The highest BCUT2D eigenvalue weighted by atomic mass is 32.1. The Bertz CT molecular complexity index is 663. The summed E-state index contributed by atoms with van der Waals surface area (Å²) in [5.41, 5.74) is 5.66. The first-order valence-corrected chi connectivity index (χ1v) is 6.49. The molecule has 5 nitrogen and oxygen atoms in total. The maximum atomic E-state index is 5.66. The van der Waals surface area contributed by atoms with Gasteiger partial charge in [0.25, 0.3) is 5.89 Å². The molecule has 0 aliphatic rings. The van der Waals surface area contributed by atoms with Crippen molar-refractivity contribution < 1.29 is 9.26 Å². The van der Waals surface area contributed by atoms with Gasteiger partial charge in [0.1, 0.15) is 5.75 Å². The van der Waals surface area contributed by atoms with Crippen molar-refractivity contribution in [2.24, 2.45) is 0 Å². The van der Waals surface area contributed by atoms with Crippen LogP contribution in [0.3, 0.4) is 0 Å². The molecule has 0 unspecified atom stereocenters. The summed E-state index contributed by atoms with van der Waals surface area (Å²) in [6.45, 7) is 0.272. The summed E-state index contributed by atoms with van der Waals surface area (Å²) in [4.78, 5) is 5.12. The molecule has 0 aliphatic carbocycles. The highest BCUT2D eigenvalue weighted by Gasteiger charge is 2.11. The standard InChI is InChI=1S/C13H11N3O2S/c14-11-7-6-10(19-11)13-15-12(16-18-13)8-17-9-4-2-1-3-5-9/h1-7H,8,14H2. The normalized spacial score (nSPS) is 10.5. The lowest BCUT2D eigenvalue weighted by molar-refractivity contribution is 0.287. The van der Waals surface area contributed by atoms with Crippen LogP contribution < -0.4 is 10.5 Å². The third-order valence-electron chi connectivity index (χ3n) is 2.42. The van der Waals surface area contributed by atoms with E-state index in [9.17, 15) is 0 Å². The van der Waals surface area contributed by atoms with Gasteiger partial charge in [0, 0.05) is 0 Å². The van der Waals surface area contributed by atoms with Gasteiger partial charge in [0.2, 0.25) is 5.82 Å². The summed E-state index contributed by atoms with van der Waals surface area (Å²) >= 11 is 1.41. The number of ether oxygens (including phenoxy) is 1. The van der Waals surface area contributed by atoms with Crippen LogP contribution in [-0.4, -0.2) is 10.1 Å². The Morgan fingerprint density at radius 3 is 2.74 bits per heavy atom. The maximum absolute atomic E-state index is 5.66. The van der Waals surface area contributed by atoms with Crippen molar-refractivity contribution >= 4 is 16.3 Å². The largest absolute Gasteiger partial charge is 0.485 e. The Hall–Kier alpha value is -2.34. The van der Waals surface area contributed by atoms with Gasteiger partial charge in [-0.25, -0.2) is 0 Å². The molecule has 3 rings (SSSR count). The lowest BCUT2D eigenvalue weighted by atomic mass is 10.3. The van der Waals surface area contributed by atoms with Gasteiger partial charge in [-0.3, -0.25) is 0 Å². The number of rotatable bonds is 4. The molecular weight excluding hydrogens is 262 g/mol. The summed E-state index contributed by atoms with van der Waals surface area (Å²) in [5, 5.41) is 4.59. The molecule has 19 heavy (non-hydrogen) atoms. The van der Waals surface area contributed by atoms with Crippen LogP contribution in [0.25, 0.3) is 10.8 Å². The van der Waals surface area contributed by atoms with Gasteiger partial charge in [-0.15, -0.1) is 11.3 Å². The number of benzene rings is 1. The number of aromatic nitrogens is 2. The molecule has 0 atom stereocenters. The monoisotopic (exact) mass is 273 g/mol. The van der Waals surface area contributed by atoms with Crippen LogP contribution in [0, 0.1) is 0 Å². The van der Waals surface area contributed by atoms with Crippen LogP contribution in [0.2, 0.25) is 0 Å². The van der Waals surface area contributed by atoms with Crippen molar-refractivity contribution in [1.82, 2.24) is 10.1 Å². The second-order valence-corrected chi connectivity index (χ2v) is 4.93. The summed E-state index contributed by atoms with van der Waals surface area (Å²) < 4.78 is 10.7. The molecule has 0 saturated carbocycles. The Morgan fingerprint density at radius 1 is 1.16 bits per heavy atom. The van der Waals surface area contributed by atoms with Crippen LogP contribution >= 0.6 is 11.3 Å². The zero-order valence-corrected chi connectivity index (χ0v) is 10.8. The number of anilines is 1. The Labute approximate surface area is 113 Å². The van der Waals surface area contributed by atoms with Gasteiger partial charge in [-0.05, 0) is 24.3 Å². The molecule has 6 heteroatoms. The van der Waals surface area contributed by atoms with Gasteiger partial charge >= 0.3 is 0 Å². The summed E-state index contributed by atoms with van der Waals surface area (Å²) in [6.07, 6.45) is 0. The van der Waals surface area contributed by atoms with E-state index in [4.69, 9.17) is 15.0 Å². The third kappa shape index (κ3) is 2.74. The summed E-state index contributed by atoms with van der Waals surface area (Å²) in [7, 11) is 0. The highest BCUT2D eigenvalue weighted by molar-refractivity contribution is 7.19. The van der Waals surface area contributed by atoms with E-state index in [1.807, 2.05) is 42.5 Å². The van der Waals surface area contributed by atoms with Crippen LogP contribution in [-0.2, 0) is 6.61 Å². The number of nitrogen functional groups attached to an aromatic ring is 1. The van der Waals surface area contributed by atoms with E-state index < -0.39 is 0 Å². The summed E-state index contributed by atoms with van der Waals surface area (Å²) in [5.74, 6) is 1.74. The fourth-order valence-electron chi connectivity index (χ4n) is 1.55. The number of nitrogens with zero attached hydrogens (tertiary/aromatic N) is 2. The maximum Gasteiger partial charge on any atom is 0.268 e. The van der Waals surface area contributed by atoms with Gasteiger partial charge in [-0.2, -0.15) is 4.98 Å². The van der Waals surface area contributed by atoms with E-state index in [0.717, 1.165) is 15.6 Å². The topological polar surface area (TPSA) is 74.2 Å². The summed E-state index contributed by atoms with van der Waals surface area (Å²) in [6, 6.07) is 13.2. The molecule has 0 amide bonds. The Kier molecular flexibility index (Phi) is 3.16. The van der Waals surface area contributed by atoms with E-state index in [-0.39, 0.29) is 6.61 Å². The van der Waals surface area contributed by atoms with Crippen molar-refractivity contribution in [1.29, 1.82) is 0 Å². The molecular formula is C13H11N3O2S. The van der Waals surface area contributed by atoms with Crippen LogP contribution in [0.1, 0.15) is 5.82 Å². The minimum atomic E-state index is 0.272. The molecule has 0 bridgehead atoms. The zero-order valence-electron chi connectivity index (χ0n) is 9.95. The molecule has 2 N–H and O–H groups in total. The molecule has 0 radical (unpaired) electrons. The molecule has 1 aromatic carbocycles. The molecule has 2 heterocycles. The molecule has 96 valence electrons. The van der Waals surface area contributed by atoms with E-state index in [2.05, 4.69) is 10.1 Å². The Morgan fingerprint density at radius 2 is 2.00 bits per heavy atom. The van der Waals surface area contributed by atoms with Crippen LogP contribution in [0.5, 0.6) is 5.75 Å². The fraction of sp³-hybridized carbons (Fsp3) is 0.0769. The first kappa shape index (κ1) is 11.7. The van der Waals surface area contributed by atoms with Crippen molar-refractivity contribution in [2.75, 3.05) is 5.73 Å². The average Bonchev–Trinajstić information content (AvgIpc) is 3.06. The lowest BCUT2D eigenvalue weighted by Crippen LogP contribution is -1.97. The van der Waals surface area contributed by atoms with Crippen LogP contribution in [0.15, 0.2) is 47.0 Å².